The van der Waals surface area contributed by atoms with E-state index in [4.69, 9.17) is 4.74 Å². The first-order valence-electron chi connectivity index (χ1n) is 8.47. The fourth-order valence-electron chi connectivity index (χ4n) is 3.62. The van der Waals surface area contributed by atoms with Crippen molar-refractivity contribution in [3.63, 3.8) is 0 Å². The summed E-state index contributed by atoms with van der Waals surface area (Å²) in [5.74, 6) is 0.523. The number of methoxy groups -OCH3 is 1. The van der Waals surface area contributed by atoms with Gasteiger partial charge >= 0.3 is 0 Å². The van der Waals surface area contributed by atoms with E-state index in [1.807, 2.05) is 66.7 Å². The van der Waals surface area contributed by atoms with Crippen LogP contribution in [0.25, 0.3) is 0 Å². The Labute approximate surface area is 152 Å². The average molecular weight is 345 g/mol. The average Bonchev–Trinajstić information content (AvgIpc) is 2.71. The van der Waals surface area contributed by atoms with Crippen molar-refractivity contribution in [2.24, 2.45) is 0 Å². The standard InChI is InChI=1S/C22H19NO3/c1-26-17-13-11-16(12-14-17)22(25)19-10-6-5-9-18(19)21(24)23-20(22)15-7-3-2-4-8-15/h2-14,20,25H,1H3,(H,23,24). The fourth-order valence-corrected chi connectivity index (χ4v) is 3.62. The number of carbonyl (C=O) groups is 1. The lowest BCUT2D eigenvalue weighted by Crippen LogP contribution is -2.50. The van der Waals surface area contributed by atoms with Gasteiger partial charge in [0.25, 0.3) is 5.91 Å². The van der Waals surface area contributed by atoms with Crippen LogP contribution in [0.5, 0.6) is 5.75 Å². The highest BCUT2D eigenvalue weighted by Crippen LogP contribution is 2.45. The smallest absolute Gasteiger partial charge is 0.252 e. The molecule has 4 rings (SSSR count). The number of amides is 1. The number of benzene rings is 3. The van der Waals surface area contributed by atoms with Crippen molar-refractivity contribution in [3.8, 4) is 5.75 Å². The van der Waals surface area contributed by atoms with E-state index in [2.05, 4.69) is 5.32 Å². The van der Waals surface area contributed by atoms with Crippen LogP contribution in [0.1, 0.15) is 33.1 Å². The Hall–Kier alpha value is -3.11. The van der Waals surface area contributed by atoms with Crippen LogP contribution in [-0.4, -0.2) is 18.1 Å². The number of aliphatic hydroxyl groups is 1. The number of fused-ring (bicyclic) bond motifs is 1. The molecule has 2 atom stereocenters. The number of rotatable bonds is 3. The number of ether oxygens (including phenoxy) is 1. The molecule has 3 aromatic carbocycles. The predicted octanol–water partition coefficient (Wildman–Crippen LogP) is 3.42. The van der Waals surface area contributed by atoms with Crippen molar-refractivity contribution in [2.75, 3.05) is 7.11 Å². The maximum Gasteiger partial charge on any atom is 0.252 e. The van der Waals surface area contributed by atoms with Crippen LogP contribution in [0.15, 0.2) is 78.9 Å². The Morgan fingerprint density at radius 2 is 1.58 bits per heavy atom. The van der Waals surface area contributed by atoms with E-state index in [9.17, 15) is 9.90 Å². The normalized spacial score (nSPS) is 21.6. The number of nitrogens with one attached hydrogen (secondary N) is 1. The summed E-state index contributed by atoms with van der Waals surface area (Å²) in [4.78, 5) is 12.6. The number of hydrogen-bond acceptors (Lipinski definition) is 3. The van der Waals surface area contributed by atoms with Crippen molar-refractivity contribution in [1.82, 2.24) is 5.32 Å². The van der Waals surface area contributed by atoms with Crippen molar-refractivity contribution < 1.29 is 14.6 Å². The van der Waals surface area contributed by atoms with E-state index in [0.29, 0.717) is 22.4 Å². The molecule has 2 unspecified atom stereocenters. The van der Waals surface area contributed by atoms with Crippen molar-refractivity contribution in [1.29, 1.82) is 0 Å². The molecular formula is C22H19NO3. The molecule has 0 fully saturated rings. The quantitative estimate of drug-likeness (QED) is 0.765. The van der Waals surface area contributed by atoms with Crippen molar-refractivity contribution >= 4 is 5.91 Å². The van der Waals surface area contributed by atoms with Crippen LogP contribution < -0.4 is 10.1 Å². The molecule has 0 radical (unpaired) electrons. The topological polar surface area (TPSA) is 58.6 Å². The molecule has 0 spiro atoms. The third-order valence-corrected chi connectivity index (χ3v) is 4.94. The van der Waals surface area contributed by atoms with Gasteiger partial charge in [0.1, 0.15) is 11.4 Å². The zero-order chi connectivity index (χ0) is 18.1. The Kier molecular flexibility index (Phi) is 3.98. The second kappa shape index (κ2) is 6.32. The molecule has 1 heterocycles. The monoisotopic (exact) mass is 345 g/mol. The van der Waals surface area contributed by atoms with Gasteiger partial charge in [-0.3, -0.25) is 4.79 Å². The Balaban J connectivity index is 1.95. The molecule has 3 aromatic rings. The summed E-state index contributed by atoms with van der Waals surface area (Å²) in [5.41, 5.74) is 1.23. The second-order valence-corrected chi connectivity index (χ2v) is 6.36. The predicted molar refractivity (Wildman–Crippen MR) is 99.1 cm³/mol. The third-order valence-electron chi connectivity index (χ3n) is 4.94. The van der Waals surface area contributed by atoms with Gasteiger partial charge < -0.3 is 15.2 Å². The maximum absolute atomic E-state index is 12.6. The Morgan fingerprint density at radius 3 is 2.27 bits per heavy atom. The molecule has 130 valence electrons. The zero-order valence-corrected chi connectivity index (χ0v) is 14.3. The second-order valence-electron chi connectivity index (χ2n) is 6.36. The molecule has 0 saturated heterocycles. The van der Waals surface area contributed by atoms with E-state index in [0.717, 1.165) is 5.56 Å². The molecule has 1 aliphatic rings. The van der Waals surface area contributed by atoms with Gasteiger partial charge in [0.05, 0.1) is 13.2 Å². The summed E-state index contributed by atoms with van der Waals surface area (Å²) >= 11 is 0. The van der Waals surface area contributed by atoms with Gasteiger partial charge in [-0.15, -0.1) is 0 Å². The maximum atomic E-state index is 12.6. The van der Waals surface area contributed by atoms with Gasteiger partial charge in [-0.05, 0) is 29.3 Å². The van der Waals surface area contributed by atoms with E-state index in [1.54, 1.807) is 19.2 Å². The van der Waals surface area contributed by atoms with E-state index < -0.39 is 11.6 Å². The first-order chi connectivity index (χ1) is 12.6. The summed E-state index contributed by atoms with van der Waals surface area (Å²) in [5, 5.41) is 14.9. The lowest BCUT2D eigenvalue weighted by Gasteiger charge is -2.42. The molecule has 1 aliphatic heterocycles. The molecule has 0 aliphatic carbocycles. The summed E-state index contributed by atoms with van der Waals surface area (Å²) in [6.45, 7) is 0. The zero-order valence-electron chi connectivity index (χ0n) is 14.3. The highest BCUT2D eigenvalue weighted by Gasteiger charge is 2.47. The van der Waals surface area contributed by atoms with Crippen LogP contribution in [0.2, 0.25) is 0 Å². The molecule has 4 heteroatoms. The van der Waals surface area contributed by atoms with Gasteiger partial charge in [-0.2, -0.15) is 0 Å². The van der Waals surface area contributed by atoms with Gasteiger partial charge in [-0.1, -0.05) is 60.7 Å². The molecule has 4 nitrogen and oxygen atoms in total. The number of carbonyl (C=O) groups excluding carboxylic acids is 1. The Morgan fingerprint density at radius 1 is 0.923 bits per heavy atom. The third kappa shape index (κ3) is 2.47. The first-order valence-corrected chi connectivity index (χ1v) is 8.47. The minimum absolute atomic E-state index is 0.187. The SMILES string of the molecule is COc1ccc(C2(O)c3ccccc3C(=O)NC2c2ccccc2)cc1. The van der Waals surface area contributed by atoms with Crippen molar-refractivity contribution in [3.05, 3.63) is 101 Å². The fraction of sp³-hybridized carbons (Fsp3) is 0.136. The molecule has 0 bridgehead atoms. The van der Waals surface area contributed by atoms with Gasteiger partial charge in [0.2, 0.25) is 0 Å². The van der Waals surface area contributed by atoms with Crippen LogP contribution in [-0.2, 0) is 5.60 Å². The van der Waals surface area contributed by atoms with Crippen LogP contribution in [0, 0.1) is 0 Å². The molecule has 1 amide bonds. The minimum atomic E-state index is -1.39. The summed E-state index contributed by atoms with van der Waals surface area (Å²) in [6.07, 6.45) is 0. The molecule has 0 aromatic heterocycles. The lowest BCUT2D eigenvalue weighted by molar-refractivity contribution is 0.0256. The summed E-state index contributed by atoms with van der Waals surface area (Å²) in [6, 6.07) is 23.4. The van der Waals surface area contributed by atoms with Crippen molar-refractivity contribution in [2.45, 2.75) is 11.6 Å². The minimum Gasteiger partial charge on any atom is -0.497 e. The number of hydrogen-bond donors (Lipinski definition) is 2. The first kappa shape index (κ1) is 16.4. The summed E-state index contributed by atoms with van der Waals surface area (Å²) in [7, 11) is 1.60. The van der Waals surface area contributed by atoms with E-state index in [-0.39, 0.29) is 5.91 Å². The van der Waals surface area contributed by atoms with Crippen LogP contribution in [0.3, 0.4) is 0 Å². The molecular weight excluding hydrogens is 326 g/mol. The van der Waals surface area contributed by atoms with E-state index in [1.165, 1.54) is 0 Å². The lowest BCUT2D eigenvalue weighted by atomic mass is 9.73. The molecule has 2 N–H and O–H groups in total. The Bertz CT molecular complexity index is 937. The van der Waals surface area contributed by atoms with Gasteiger partial charge in [0.15, 0.2) is 0 Å². The highest BCUT2D eigenvalue weighted by molar-refractivity contribution is 5.98. The summed E-state index contributed by atoms with van der Waals surface area (Å²) < 4.78 is 5.24. The van der Waals surface area contributed by atoms with Crippen LogP contribution >= 0.6 is 0 Å². The van der Waals surface area contributed by atoms with Gasteiger partial charge in [-0.25, -0.2) is 0 Å². The van der Waals surface area contributed by atoms with E-state index >= 15 is 0 Å². The van der Waals surface area contributed by atoms with Gasteiger partial charge in [0, 0.05) is 11.1 Å². The largest absolute Gasteiger partial charge is 0.497 e. The van der Waals surface area contributed by atoms with Crippen LogP contribution in [0.4, 0.5) is 0 Å². The highest BCUT2D eigenvalue weighted by atomic mass is 16.5. The molecule has 26 heavy (non-hydrogen) atoms. The molecule has 0 saturated carbocycles.